The van der Waals surface area contributed by atoms with Crippen LogP contribution in [0.1, 0.15) is 36.8 Å². The Balaban J connectivity index is 1.99. The summed E-state index contributed by atoms with van der Waals surface area (Å²) in [5, 5.41) is 12.1. The second-order valence-electron chi connectivity index (χ2n) is 5.87. The fourth-order valence-electron chi connectivity index (χ4n) is 2.71. The molecule has 1 aliphatic carbocycles. The zero-order valence-corrected chi connectivity index (χ0v) is 12.6. The number of carbonyl (C=O) groups is 2. The molecule has 0 spiro atoms. The van der Waals surface area contributed by atoms with Crippen molar-refractivity contribution in [3.63, 3.8) is 0 Å². The molecule has 5 heteroatoms. The molecule has 5 nitrogen and oxygen atoms in total. The lowest BCUT2D eigenvalue weighted by molar-refractivity contribution is -0.144. The van der Waals surface area contributed by atoms with E-state index in [-0.39, 0.29) is 6.03 Å². The van der Waals surface area contributed by atoms with Crippen molar-refractivity contribution < 1.29 is 14.7 Å². The number of urea groups is 1. The van der Waals surface area contributed by atoms with Gasteiger partial charge in [-0.15, -0.1) is 0 Å². The number of hydrogen-bond donors (Lipinski definition) is 2. The van der Waals surface area contributed by atoms with Gasteiger partial charge in [0.15, 0.2) is 0 Å². The topological polar surface area (TPSA) is 69.6 Å². The van der Waals surface area contributed by atoms with Crippen LogP contribution in [0, 0.1) is 6.92 Å². The minimum Gasteiger partial charge on any atom is -0.480 e. The number of nitrogens with zero attached hydrogens (tertiary/aromatic N) is 1. The molecule has 2 N–H and O–H groups in total. The number of amides is 2. The van der Waals surface area contributed by atoms with Gasteiger partial charge in [0, 0.05) is 13.6 Å². The first-order valence-electron chi connectivity index (χ1n) is 7.25. The van der Waals surface area contributed by atoms with Gasteiger partial charge in [-0.25, -0.2) is 9.59 Å². The average Bonchev–Trinajstić information content (AvgIpc) is 2.91. The largest absolute Gasteiger partial charge is 0.480 e. The number of carbonyl (C=O) groups excluding carboxylic acids is 1. The molecule has 2 rings (SSSR count). The second kappa shape index (κ2) is 6.16. The fourth-order valence-corrected chi connectivity index (χ4v) is 2.71. The van der Waals surface area contributed by atoms with Gasteiger partial charge in [-0.1, -0.05) is 42.7 Å². The summed E-state index contributed by atoms with van der Waals surface area (Å²) in [5.74, 6) is -0.933. The summed E-state index contributed by atoms with van der Waals surface area (Å²) in [6, 6.07) is 7.61. The molecule has 0 atom stereocenters. The van der Waals surface area contributed by atoms with Crippen LogP contribution in [-0.2, 0) is 11.3 Å². The Morgan fingerprint density at radius 2 is 1.81 bits per heavy atom. The van der Waals surface area contributed by atoms with Crippen LogP contribution in [0.3, 0.4) is 0 Å². The zero-order valence-electron chi connectivity index (χ0n) is 12.6. The van der Waals surface area contributed by atoms with Crippen molar-refractivity contribution in [3.05, 3.63) is 35.4 Å². The standard InChI is InChI=1S/C16H22N2O3/c1-12-5-7-13(8-6-12)11-18(2)15(21)17-16(14(19)20)9-3-4-10-16/h5-8H,3-4,9-11H2,1-2H3,(H,17,21)(H,19,20). The van der Waals surface area contributed by atoms with E-state index in [4.69, 9.17) is 0 Å². The minimum atomic E-state index is -1.08. The third-order valence-electron chi connectivity index (χ3n) is 4.10. The van der Waals surface area contributed by atoms with Crippen LogP contribution < -0.4 is 5.32 Å². The Bertz CT molecular complexity index is 519. The molecule has 0 aromatic heterocycles. The van der Waals surface area contributed by atoms with Gasteiger partial charge in [0.05, 0.1) is 0 Å². The molecule has 1 fully saturated rings. The van der Waals surface area contributed by atoms with Crippen molar-refractivity contribution >= 4 is 12.0 Å². The van der Waals surface area contributed by atoms with Crippen LogP contribution in [0.5, 0.6) is 0 Å². The molecule has 21 heavy (non-hydrogen) atoms. The predicted octanol–water partition coefficient (Wildman–Crippen LogP) is 2.53. The Labute approximate surface area is 125 Å². The average molecular weight is 290 g/mol. The number of carboxylic acids is 1. The molecule has 2 amide bonds. The van der Waals surface area contributed by atoms with Crippen LogP contribution in [-0.4, -0.2) is 34.6 Å². The Morgan fingerprint density at radius 1 is 1.24 bits per heavy atom. The highest BCUT2D eigenvalue weighted by atomic mass is 16.4. The van der Waals surface area contributed by atoms with Gasteiger partial charge < -0.3 is 15.3 Å². The number of aryl methyl sites for hydroxylation is 1. The van der Waals surface area contributed by atoms with Crippen LogP contribution >= 0.6 is 0 Å². The van der Waals surface area contributed by atoms with Crippen molar-refractivity contribution in [3.8, 4) is 0 Å². The molecule has 1 aromatic rings. The van der Waals surface area contributed by atoms with Crippen LogP contribution in [0.25, 0.3) is 0 Å². The summed E-state index contributed by atoms with van der Waals surface area (Å²) in [7, 11) is 1.68. The maximum absolute atomic E-state index is 12.2. The molecular weight excluding hydrogens is 268 g/mol. The summed E-state index contributed by atoms with van der Waals surface area (Å²) >= 11 is 0. The molecule has 0 saturated heterocycles. The number of rotatable bonds is 4. The fraction of sp³-hybridized carbons (Fsp3) is 0.500. The Morgan fingerprint density at radius 3 is 2.33 bits per heavy atom. The van der Waals surface area contributed by atoms with Crippen LogP contribution in [0.15, 0.2) is 24.3 Å². The third-order valence-corrected chi connectivity index (χ3v) is 4.10. The number of nitrogens with one attached hydrogen (secondary N) is 1. The van der Waals surface area contributed by atoms with Crippen LogP contribution in [0.4, 0.5) is 4.79 Å². The molecule has 1 saturated carbocycles. The highest BCUT2D eigenvalue weighted by molar-refractivity contribution is 5.86. The van der Waals surface area contributed by atoms with E-state index in [9.17, 15) is 14.7 Å². The molecule has 0 heterocycles. The summed E-state index contributed by atoms with van der Waals surface area (Å²) in [6.07, 6.45) is 2.70. The summed E-state index contributed by atoms with van der Waals surface area (Å²) in [4.78, 5) is 25.2. The maximum atomic E-state index is 12.2. The van der Waals surface area contributed by atoms with E-state index in [2.05, 4.69) is 5.32 Å². The quantitative estimate of drug-likeness (QED) is 0.895. The monoisotopic (exact) mass is 290 g/mol. The molecular formula is C16H22N2O3. The van der Waals surface area contributed by atoms with Gasteiger partial charge in [0.1, 0.15) is 5.54 Å². The number of carboxylic acid groups (broad SMARTS) is 1. The molecule has 1 aliphatic rings. The SMILES string of the molecule is Cc1ccc(CN(C)C(=O)NC2(C(=O)O)CCCC2)cc1. The number of hydrogen-bond acceptors (Lipinski definition) is 2. The van der Waals surface area contributed by atoms with E-state index in [1.54, 1.807) is 7.05 Å². The van der Waals surface area contributed by atoms with Gasteiger partial charge in [0.25, 0.3) is 0 Å². The van der Waals surface area contributed by atoms with E-state index in [1.165, 1.54) is 10.5 Å². The molecule has 0 aliphatic heterocycles. The van der Waals surface area contributed by atoms with Gasteiger partial charge in [-0.05, 0) is 25.3 Å². The zero-order chi connectivity index (χ0) is 15.5. The van der Waals surface area contributed by atoms with Gasteiger partial charge in [-0.2, -0.15) is 0 Å². The smallest absolute Gasteiger partial charge is 0.329 e. The maximum Gasteiger partial charge on any atom is 0.329 e. The van der Waals surface area contributed by atoms with Crippen molar-refractivity contribution in [1.82, 2.24) is 10.2 Å². The normalized spacial score (nSPS) is 16.5. The molecule has 0 radical (unpaired) electrons. The van der Waals surface area contributed by atoms with Crippen molar-refractivity contribution in [2.75, 3.05) is 7.05 Å². The summed E-state index contributed by atoms with van der Waals surface area (Å²) in [6.45, 7) is 2.47. The third kappa shape index (κ3) is 3.54. The van der Waals surface area contributed by atoms with Crippen LogP contribution in [0.2, 0.25) is 0 Å². The molecule has 0 unspecified atom stereocenters. The molecule has 1 aromatic carbocycles. The van der Waals surface area contributed by atoms with Crippen molar-refractivity contribution in [2.24, 2.45) is 0 Å². The summed E-state index contributed by atoms with van der Waals surface area (Å²) < 4.78 is 0. The Hall–Kier alpha value is -2.04. The highest BCUT2D eigenvalue weighted by Gasteiger charge is 2.43. The van der Waals surface area contributed by atoms with E-state index < -0.39 is 11.5 Å². The lowest BCUT2D eigenvalue weighted by Gasteiger charge is -2.28. The van der Waals surface area contributed by atoms with E-state index in [1.807, 2.05) is 31.2 Å². The van der Waals surface area contributed by atoms with E-state index in [0.717, 1.165) is 18.4 Å². The predicted molar refractivity (Wildman–Crippen MR) is 80.0 cm³/mol. The summed E-state index contributed by atoms with van der Waals surface area (Å²) in [5.41, 5.74) is 1.11. The number of benzene rings is 1. The second-order valence-corrected chi connectivity index (χ2v) is 5.87. The van der Waals surface area contributed by atoms with Crippen molar-refractivity contribution in [2.45, 2.75) is 44.7 Å². The molecule has 0 bridgehead atoms. The lowest BCUT2D eigenvalue weighted by atomic mass is 9.98. The first kappa shape index (κ1) is 15.4. The highest BCUT2D eigenvalue weighted by Crippen LogP contribution is 2.30. The van der Waals surface area contributed by atoms with Gasteiger partial charge in [-0.3, -0.25) is 0 Å². The Kier molecular flexibility index (Phi) is 4.50. The molecule has 114 valence electrons. The minimum absolute atomic E-state index is 0.333. The first-order chi connectivity index (χ1) is 9.93. The lowest BCUT2D eigenvalue weighted by Crippen LogP contribution is -2.55. The van der Waals surface area contributed by atoms with Gasteiger partial charge in [0.2, 0.25) is 0 Å². The van der Waals surface area contributed by atoms with E-state index >= 15 is 0 Å². The van der Waals surface area contributed by atoms with Gasteiger partial charge >= 0.3 is 12.0 Å². The first-order valence-corrected chi connectivity index (χ1v) is 7.25. The van der Waals surface area contributed by atoms with E-state index in [0.29, 0.717) is 19.4 Å². The van der Waals surface area contributed by atoms with Crippen molar-refractivity contribution in [1.29, 1.82) is 0 Å². The number of aliphatic carboxylic acids is 1.